The molecule has 20 heavy (non-hydrogen) atoms. The Balaban J connectivity index is 1.99. The minimum Gasteiger partial charge on any atom is -0.394 e. The molecular formula is C13H15ClN4O2. The molecule has 0 aliphatic heterocycles. The van der Waals surface area contributed by atoms with Crippen LogP contribution >= 0.6 is 11.6 Å². The number of aromatic nitrogens is 2. The summed E-state index contributed by atoms with van der Waals surface area (Å²) in [5.41, 5.74) is 1.36. The van der Waals surface area contributed by atoms with E-state index in [4.69, 9.17) is 11.6 Å². The fourth-order valence-electron chi connectivity index (χ4n) is 1.74. The van der Waals surface area contributed by atoms with Gasteiger partial charge in [-0.15, -0.1) is 0 Å². The summed E-state index contributed by atoms with van der Waals surface area (Å²) in [5.74, 6) is 0. The molecule has 3 N–H and O–H groups in total. The summed E-state index contributed by atoms with van der Waals surface area (Å²) in [6.45, 7) is -0.206. The molecule has 106 valence electrons. The van der Waals surface area contributed by atoms with Gasteiger partial charge in [-0.3, -0.25) is 4.68 Å². The Morgan fingerprint density at radius 1 is 1.45 bits per heavy atom. The number of rotatable bonds is 4. The van der Waals surface area contributed by atoms with E-state index in [-0.39, 0.29) is 6.61 Å². The van der Waals surface area contributed by atoms with Crippen LogP contribution in [0.1, 0.15) is 11.6 Å². The first-order chi connectivity index (χ1) is 9.58. The van der Waals surface area contributed by atoms with Crippen molar-refractivity contribution >= 4 is 23.3 Å². The van der Waals surface area contributed by atoms with Crippen LogP contribution in [0.2, 0.25) is 5.02 Å². The lowest BCUT2D eigenvalue weighted by molar-refractivity contribution is 0.225. The quantitative estimate of drug-likeness (QED) is 0.806. The number of amides is 2. The SMILES string of the molecule is Cn1cc(NC(=O)NC(CO)c2ccc(Cl)cc2)cn1. The van der Waals surface area contributed by atoms with Crippen LogP contribution < -0.4 is 10.6 Å². The van der Waals surface area contributed by atoms with Crippen molar-refractivity contribution in [3.05, 3.63) is 47.2 Å². The summed E-state index contributed by atoms with van der Waals surface area (Å²) in [7, 11) is 1.76. The van der Waals surface area contributed by atoms with Gasteiger partial charge in [-0.25, -0.2) is 4.79 Å². The van der Waals surface area contributed by atoms with Crippen molar-refractivity contribution in [3.8, 4) is 0 Å². The van der Waals surface area contributed by atoms with Crippen molar-refractivity contribution < 1.29 is 9.90 Å². The van der Waals surface area contributed by atoms with Gasteiger partial charge in [0.2, 0.25) is 0 Å². The number of aliphatic hydroxyl groups excluding tert-OH is 1. The number of anilines is 1. The number of hydrogen-bond acceptors (Lipinski definition) is 3. The normalized spacial score (nSPS) is 11.9. The molecule has 1 aromatic carbocycles. The van der Waals surface area contributed by atoms with E-state index in [2.05, 4.69) is 15.7 Å². The average Bonchev–Trinajstić information content (AvgIpc) is 2.82. The minimum atomic E-state index is -0.496. The topological polar surface area (TPSA) is 79.2 Å². The number of carbonyl (C=O) groups excluding carboxylic acids is 1. The van der Waals surface area contributed by atoms with Crippen LogP contribution in [0.15, 0.2) is 36.7 Å². The van der Waals surface area contributed by atoms with E-state index in [0.29, 0.717) is 10.7 Å². The van der Waals surface area contributed by atoms with E-state index in [9.17, 15) is 9.90 Å². The Morgan fingerprint density at radius 3 is 2.70 bits per heavy atom. The van der Waals surface area contributed by atoms with Crippen LogP contribution in [0.25, 0.3) is 0 Å². The smallest absolute Gasteiger partial charge is 0.319 e. The Labute approximate surface area is 121 Å². The van der Waals surface area contributed by atoms with Crippen molar-refractivity contribution in [2.45, 2.75) is 6.04 Å². The third-order valence-corrected chi connectivity index (χ3v) is 2.97. The second kappa shape index (κ2) is 6.40. The summed E-state index contributed by atoms with van der Waals surface area (Å²) < 4.78 is 1.58. The molecule has 0 saturated carbocycles. The van der Waals surface area contributed by atoms with Gasteiger partial charge in [0.05, 0.1) is 24.5 Å². The molecule has 1 atom stereocenters. The van der Waals surface area contributed by atoms with Crippen LogP contribution in [0.3, 0.4) is 0 Å². The summed E-state index contributed by atoms with van der Waals surface area (Å²) in [4.78, 5) is 11.8. The monoisotopic (exact) mass is 294 g/mol. The van der Waals surface area contributed by atoms with Gasteiger partial charge in [0.1, 0.15) is 0 Å². The predicted molar refractivity (Wildman–Crippen MR) is 76.6 cm³/mol. The number of carbonyl (C=O) groups is 1. The van der Waals surface area contributed by atoms with Crippen LogP contribution in [0, 0.1) is 0 Å². The van der Waals surface area contributed by atoms with Crippen LogP contribution in [0.5, 0.6) is 0 Å². The van der Waals surface area contributed by atoms with Crippen molar-refractivity contribution in [1.82, 2.24) is 15.1 Å². The molecule has 0 aliphatic rings. The molecule has 0 fully saturated rings. The fraction of sp³-hybridized carbons (Fsp3) is 0.231. The van der Waals surface area contributed by atoms with Crippen molar-refractivity contribution in [2.75, 3.05) is 11.9 Å². The first-order valence-electron chi connectivity index (χ1n) is 6.01. The lowest BCUT2D eigenvalue weighted by Gasteiger charge is -2.16. The molecule has 0 saturated heterocycles. The fourth-order valence-corrected chi connectivity index (χ4v) is 1.87. The summed E-state index contributed by atoms with van der Waals surface area (Å²) in [6, 6.07) is 6.03. The minimum absolute atomic E-state index is 0.206. The number of aryl methyl sites for hydroxylation is 1. The first-order valence-corrected chi connectivity index (χ1v) is 6.39. The largest absolute Gasteiger partial charge is 0.394 e. The number of nitrogens with zero attached hydrogens (tertiary/aromatic N) is 2. The zero-order chi connectivity index (χ0) is 14.5. The maximum absolute atomic E-state index is 11.8. The van der Waals surface area contributed by atoms with Crippen LogP contribution in [0.4, 0.5) is 10.5 Å². The van der Waals surface area contributed by atoms with Gasteiger partial charge in [0.15, 0.2) is 0 Å². The third-order valence-electron chi connectivity index (χ3n) is 2.72. The third kappa shape index (κ3) is 3.72. The van der Waals surface area contributed by atoms with E-state index < -0.39 is 12.1 Å². The van der Waals surface area contributed by atoms with Gasteiger partial charge >= 0.3 is 6.03 Å². The Hall–Kier alpha value is -2.05. The summed E-state index contributed by atoms with van der Waals surface area (Å²) >= 11 is 5.80. The maximum Gasteiger partial charge on any atom is 0.319 e. The molecule has 0 aliphatic carbocycles. The highest BCUT2D eigenvalue weighted by Gasteiger charge is 2.14. The first kappa shape index (κ1) is 14.4. The number of urea groups is 1. The summed E-state index contributed by atoms with van der Waals surface area (Å²) in [6.07, 6.45) is 3.21. The molecule has 2 amide bonds. The van der Waals surface area contributed by atoms with Gasteiger partial charge in [-0.1, -0.05) is 23.7 Å². The van der Waals surface area contributed by atoms with Gasteiger partial charge in [-0.2, -0.15) is 5.10 Å². The van der Waals surface area contributed by atoms with Crippen molar-refractivity contribution in [3.63, 3.8) is 0 Å². The lowest BCUT2D eigenvalue weighted by atomic mass is 10.1. The van der Waals surface area contributed by atoms with E-state index in [1.807, 2.05) is 0 Å². The van der Waals surface area contributed by atoms with E-state index in [1.54, 1.807) is 42.2 Å². The molecule has 1 heterocycles. The second-order valence-electron chi connectivity index (χ2n) is 4.29. The number of hydrogen-bond donors (Lipinski definition) is 3. The highest BCUT2D eigenvalue weighted by atomic mass is 35.5. The van der Waals surface area contributed by atoms with Gasteiger partial charge < -0.3 is 15.7 Å². The van der Waals surface area contributed by atoms with Crippen molar-refractivity contribution in [2.24, 2.45) is 7.05 Å². The summed E-state index contributed by atoms with van der Waals surface area (Å²) in [5, 5.41) is 19.2. The zero-order valence-corrected chi connectivity index (χ0v) is 11.6. The predicted octanol–water partition coefficient (Wildman–Crippen LogP) is 1.93. The molecule has 2 aromatic rings. The Kier molecular flexibility index (Phi) is 4.60. The lowest BCUT2D eigenvalue weighted by Crippen LogP contribution is -2.34. The Bertz CT molecular complexity index is 582. The molecule has 0 spiro atoms. The number of nitrogens with one attached hydrogen (secondary N) is 2. The highest BCUT2D eigenvalue weighted by molar-refractivity contribution is 6.30. The van der Waals surface area contributed by atoms with Crippen molar-refractivity contribution in [1.29, 1.82) is 0 Å². The average molecular weight is 295 g/mol. The zero-order valence-electron chi connectivity index (χ0n) is 10.9. The molecule has 0 bridgehead atoms. The van der Waals surface area contributed by atoms with E-state index in [0.717, 1.165) is 5.56 Å². The van der Waals surface area contributed by atoms with Crippen LogP contribution in [-0.4, -0.2) is 27.5 Å². The molecule has 1 unspecified atom stereocenters. The molecule has 2 rings (SSSR count). The molecule has 1 aromatic heterocycles. The highest BCUT2D eigenvalue weighted by Crippen LogP contribution is 2.16. The maximum atomic E-state index is 11.8. The Morgan fingerprint density at radius 2 is 2.15 bits per heavy atom. The molecule has 7 heteroatoms. The van der Waals surface area contributed by atoms with Gasteiger partial charge in [0, 0.05) is 18.3 Å². The molecule has 6 nitrogen and oxygen atoms in total. The number of halogens is 1. The molecule has 0 radical (unpaired) electrons. The molecular weight excluding hydrogens is 280 g/mol. The van der Waals surface area contributed by atoms with Gasteiger partial charge in [-0.05, 0) is 17.7 Å². The second-order valence-corrected chi connectivity index (χ2v) is 4.72. The van der Waals surface area contributed by atoms with E-state index >= 15 is 0 Å². The number of aliphatic hydroxyl groups is 1. The standard InChI is InChI=1S/C13H15ClN4O2/c1-18-7-11(6-15-18)16-13(20)17-12(8-19)9-2-4-10(14)5-3-9/h2-7,12,19H,8H2,1H3,(H2,16,17,20). The van der Waals surface area contributed by atoms with Gasteiger partial charge in [0.25, 0.3) is 0 Å². The van der Waals surface area contributed by atoms with Crippen LogP contribution in [-0.2, 0) is 7.05 Å². The number of benzene rings is 1. The van der Waals surface area contributed by atoms with E-state index in [1.165, 1.54) is 6.20 Å².